The lowest BCUT2D eigenvalue weighted by atomic mass is 10.1. The number of carbonyl (C=O) groups excluding carboxylic acids is 2. The van der Waals surface area contributed by atoms with Gasteiger partial charge in [-0.2, -0.15) is 0 Å². The smallest absolute Gasteiger partial charge is 0.271 e. The number of anilines is 1. The molecule has 1 saturated heterocycles. The highest BCUT2D eigenvalue weighted by molar-refractivity contribution is 7.15. The number of amides is 2. The van der Waals surface area contributed by atoms with E-state index in [-0.39, 0.29) is 11.8 Å². The average molecular weight is 450 g/mol. The van der Waals surface area contributed by atoms with Crippen molar-refractivity contribution in [1.82, 2.24) is 14.3 Å². The van der Waals surface area contributed by atoms with Crippen LogP contribution in [-0.2, 0) is 4.74 Å². The minimum absolute atomic E-state index is 0.0381. The van der Waals surface area contributed by atoms with Gasteiger partial charge in [-0.25, -0.2) is 9.37 Å². The summed E-state index contributed by atoms with van der Waals surface area (Å²) in [6, 6.07) is 12.7. The highest BCUT2D eigenvalue weighted by atomic mass is 32.1. The molecule has 0 atom stereocenters. The van der Waals surface area contributed by atoms with Gasteiger partial charge in [0, 0.05) is 41.5 Å². The lowest BCUT2D eigenvalue weighted by Gasteiger charge is -2.26. The second kappa shape index (κ2) is 8.52. The van der Waals surface area contributed by atoms with E-state index in [0.717, 1.165) is 10.5 Å². The topological polar surface area (TPSA) is 75.9 Å². The summed E-state index contributed by atoms with van der Waals surface area (Å²) in [5, 5.41) is 4.64. The summed E-state index contributed by atoms with van der Waals surface area (Å²) in [4.78, 5) is 32.5. The van der Waals surface area contributed by atoms with Crippen LogP contribution in [0.15, 0.2) is 60.1 Å². The number of hydrogen-bond acceptors (Lipinski definition) is 5. The highest BCUT2D eigenvalue weighted by Crippen LogP contribution is 2.26. The van der Waals surface area contributed by atoms with Crippen molar-refractivity contribution in [2.75, 3.05) is 31.6 Å². The molecule has 1 fully saturated rings. The molecule has 1 aliphatic rings. The molecule has 2 amide bonds. The third-order valence-electron chi connectivity index (χ3n) is 5.25. The molecule has 5 rings (SSSR count). The Hall–Kier alpha value is -3.56. The summed E-state index contributed by atoms with van der Waals surface area (Å²) < 4.78 is 20.2. The maximum Gasteiger partial charge on any atom is 0.271 e. The fraction of sp³-hybridized carbons (Fsp3) is 0.174. The molecule has 0 unspecified atom stereocenters. The molecule has 1 N–H and O–H groups in total. The quantitative estimate of drug-likeness (QED) is 0.511. The van der Waals surface area contributed by atoms with Gasteiger partial charge in [-0.05, 0) is 36.4 Å². The molecule has 2 aromatic carbocycles. The first-order chi connectivity index (χ1) is 15.6. The van der Waals surface area contributed by atoms with E-state index in [4.69, 9.17) is 4.74 Å². The number of halogens is 1. The number of imidazole rings is 1. The summed E-state index contributed by atoms with van der Waals surface area (Å²) >= 11 is 1.41. The molecule has 32 heavy (non-hydrogen) atoms. The fourth-order valence-corrected chi connectivity index (χ4v) is 4.41. The van der Waals surface area contributed by atoms with Crippen molar-refractivity contribution in [1.29, 1.82) is 0 Å². The maximum absolute atomic E-state index is 13.1. The third-order valence-corrected chi connectivity index (χ3v) is 6.09. The van der Waals surface area contributed by atoms with Gasteiger partial charge in [0.2, 0.25) is 0 Å². The van der Waals surface area contributed by atoms with Crippen LogP contribution in [0.3, 0.4) is 0 Å². The maximum atomic E-state index is 13.1. The van der Waals surface area contributed by atoms with Gasteiger partial charge in [-0.15, -0.1) is 11.3 Å². The lowest BCUT2D eigenvalue weighted by Crippen LogP contribution is -2.41. The van der Waals surface area contributed by atoms with Crippen LogP contribution < -0.4 is 5.32 Å². The van der Waals surface area contributed by atoms with Gasteiger partial charge in [-0.1, -0.05) is 12.1 Å². The van der Waals surface area contributed by atoms with Gasteiger partial charge in [0.1, 0.15) is 11.5 Å². The minimum Gasteiger partial charge on any atom is -0.378 e. The second-order valence-electron chi connectivity index (χ2n) is 7.35. The van der Waals surface area contributed by atoms with E-state index in [9.17, 15) is 14.0 Å². The van der Waals surface area contributed by atoms with Gasteiger partial charge in [0.25, 0.3) is 11.8 Å². The Morgan fingerprint density at radius 2 is 1.88 bits per heavy atom. The van der Waals surface area contributed by atoms with Crippen LogP contribution in [0.4, 0.5) is 10.1 Å². The van der Waals surface area contributed by atoms with Gasteiger partial charge in [0.05, 0.1) is 18.9 Å². The predicted octanol–water partition coefficient (Wildman–Crippen LogP) is 3.93. The first kappa shape index (κ1) is 20.3. The lowest BCUT2D eigenvalue weighted by molar-refractivity contribution is 0.0298. The zero-order valence-corrected chi connectivity index (χ0v) is 17.8. The van der Waals surface area contributed by atoms with E-state index in [2.05, 4.69) is 10.3 Å². The molecule has 0 saturated carbocycles. The number of rotatable bonds is 4. The van der Waals surface area contributed by atoms with Gasteiger partial charge >= 0.3 is 0 Å². The van der Waals surface area contributed by atoms with Crippen molar-refractivity contribution in [2.45, 2.75) is 0 Å². The standard InChI is InChI=1S/C23H19FN4O3S/c24-17-6-4-15(5-7-17)21(29)25-18-3-1-2-16(12-18)19-13-28-20(14-32-23(28)26-19)22(30)27-8-10-31-11-9-27/h1-7,12-14H,8-11H2,(H,25,29). The molecule has 0 radical (unpaired) electrons. The Balaban J connectivity index is 1.38. The van der Waals surface area contributed by atoms with E-state index in [1.54, 1.807) is 11.0 Å². The van der Waals surface area contributed by atoms with Gasteiger partial charge in [-0.3, -0.25) is 14.0 Å². The molecule has 2 aromatic heterocycles. The van der Waals surface area contributed by atoms with Crippen molar-refractivity contribution in [3.8, 4) is 11.3 Å². The number of ether oxygens (including phenoxy) is 1. The first-order valence-corrected chi connectivity index (χ1v) is 11.0. The summed E-state index contributed by atoms with van der Waals surface area (Å²) in [5.74, 6) is -0.759. The largest absolute Gasteiger partial charge is 0.378 e. The SMILES string of the molecule is O=C(Nc1cccc(-c2cn3c(C(=O)N4CCOCC4)csc3n2)c1)c1ccc(F)cc1. The van der Waals surface area contributed by atoms with E-state index in [1.807, 2.05) is 34.2 Å². The fourth-order valence-electron chi connectivity index (χ4n) is 3.57. The molecular formula is C23H19FN4O3S. The van der Waals surface area contributed by atoms with Crippen LogP contribution in [0.2, 0.25) is 0 Å². The Bertz CT molecular complexity index is 1290. The molecule has 3 heterocycles. The minimum atomic E-state index is -0.394. The Morgan fingerprint density at radius 3 is 2.66 bits per heavy atom. The van der Waals surface area contributed by atoms with Crippen LogP contribution in [0.5, 0.6) is 0 Å². The second-order valence-corrected chi connectivity index (χ2v) is 8.18. The van der Waals surface area contributed by atoms with Crippen molar-refractivity contribution in [3.05, 3.63) is 77.2 Å². The van der Waals surface area contributed by atoms with E-state index >= 15 is 0 Å². The van der Waals surface area contributed by atoms with Crippen molar-refractivity contribution in [2.24, 2.45) is 0 Å². The van der Waals surface area contributed by atoms with E-state index < -0.39 is 5.82 Å². The Labute approximate surface area is 187 Å². The molecule has 0 aliphatic carbocycles. The van der Waals surface area contributed by atoms with Gasteiger partial charge < -0.3 is 15.0 Å². The van der Waals surface area contributed by atoms with Crippen molar-refractivity contribution >= 4 is 33.8 Å². The Morgan fingerprint density at radius 1 is 1.09 bits per heavy atom. The van der Waals surface area contributed by atoms with Gasteiger partial charge in [0.15, 0.2) is 4.96 Å². The monoisotopic (exact) mass is 450 g/mol. The number of aromatic nitrogens is 2. The molecular weight excluding hydrogens is 431 g/mol. The summed E-state index contributed by atoms with van der Waals surface area (Å²) in [6.45, 7) is 2.25. The Kier molecular flexibility index (Phi) is 5.42. The summed E-state index contributed by atoms with van der Waals surface area (Å²) in [5.41, 5.74) is 3.04. The average Bonchev–Trinajstić information content (AvgIpc) is 3.41. The normalized spacial score (nSPS) is 14.0. The van der Waals surface area contributed by atoms with Crippen LogP contribution in [0.25, 0.3) is 16.2 Å². The molecule has 162 valence electrons. The number of nitrogens with one attached hydrogen (secondary N) is 1. The van der Waals surface area contributed by atoms with Crippen LogP contribution in [-0.4, -0.2) is 52.4 Å². The van der Waals surface area contributed by atoms with Crippen LogP contribution >= 0.6 is 11.3 Å². The zero-order valence-electron chi connectivity index (χ0n) is 17.0. The van der Waals surface area contributed by atoms with Crippen LogP contribution in [0, 0.1) is 5.82 Å². The molecule has 0 bridgehead atoms. The number of thiazole rings is 1. The van der Waals surface area contributed by atoms with E-state index in [1.165, 1.54) is 35.6 Å². The number of morpholine rings is 1. The number of benzene rings is 2. The number of nitrogens with zero attached hydrogens (tertiary/aromatic N) is 3. The van der Waals surface area contributed by atoms with Crippen LogP contribution in [0.1, 0.15) is 20.8 Å². The molecule has 4 aromatic rings. The molecule has 7 nitrogen and oxygen atoms in total. The molecule has 1 aliphatic heterocycles. The summed E-state index contributed by atoms with van der Waals surface area (Å²) in [6.07, 6.45) is 1.83. The molecule has 9 heteroatoms. The van der Waals surface area contributed by atoms with Crippen molar-refractivity contribution in [3.63, 3.8) is 0 Å². The number of hydrogen-bond donors (Lipinski definition) is 1. The number of fused-ring (bicyclic) bond motifs is 1. The number of carbonyl (C=O) groups is 2. The summed E-state index contributed by atoms with van der Waals surface area (Å²) in [7, 11) is 0. The molecule has 0 spiro atoms. The van der Waals surface area contributed by atoms with Crippen molar-refractivity contribution < 1.29 is 18.7 Å². The first-order valence-electron chi connectivity index (χ1n) is 10.1. The van der Waals surface area contributed by atoms with E-state index in [0.29, 0.717) is 48.9 Å². The zero-order chi connectivity index (χ0) is 22.1. The highest BCUT2D eigenvalue weighted by Gasteiger charge is 2.22. The predicted molar refractivity (Wildman–Crippen MR) is 120 cm³/mol. The third kappa shape index (κ3) is 4.00.